The summed E-state index contributed by atoms with van der Waals surface area (Å²) in [5.74, 6) is 0.493. The first-order chi connectivity index (χ1) is 16.3. The monoisotopic (exact) mass is 518 g/mol. The fourth-order valence-electron chi connectivity index (χ4n) is 4.72. The summed E-state index contributed by atoms with van der Waals surface area (Å²) in [6.45, 7) is 7.53. The highest BCUT2D eigenvalue weighted by atomic mass is 35.5. The Kier molecular flexibility index (Phi) is 6.08. The Hall–Kier alpha value is -2.55. The summed E-state index contributed by atoms with van der Waals surface area (Å²) in [5, 5.41) is 1.10. The van der Waals surface area contributed by atoms with E-state index in [2.05, 4.69) is 11.6 Å². The van der Waals surface area contributed by atoms with Crippen molar-refractivity contribution in [2.75, 3.05) is 30.3 Å². The minimum atomic E-state index is -0.548. The molecule has 3 heterocycles. The molecule has 0 bridgehead atoms. The number of anilines is 1. The Morgan fingerprint density at radius 1 is 1.26 bits per heavy atom. The van der Waals surface area contributed by atoms with E-state index in [0.717, 1.165) is 10.3 Å². The van der Waals surface area contributed by atoms with E-state index in [-0.39, 0.29) is 22.7 Å². The lowest BCUT2D eigenvalue weighted by Crippen LogP contribution is -2.54. The van der Waals surface area contributed by atoms with Gasteiger partial charge in [0.05, 0.1) is 15.6 Å². The van der Waals surface area contributed by atoms with Gasteiger partial charge in [-0.1, -0.05) is 41.9 Å². The van der Waals surface area contributed by atoms with Gasteiger partial charge in [-0.2, -0.15) is 4.98 Å². The van der Waals surface area contributed by atoms with Crippen molar-refractivity contribution in [2.24, 2.45) is 0 Å². The largest absolute Gasteiger partial charge is 0.350 e. The van der Waals surface area contributed by atoms with Gasteiger partial charge in [-0.3, -0.25) is 9.36 Å². The number of hydrogen-bond acceptors (Lipinski definition) is 5. The van der Waals surface area contributed by atoms with Gasteiger partial charge in [0.1, 0.15) is 11.6 Å². The topological polar surface area (TPSA) is 58.4 Å². The van der Waals surface area contributed by atoms with Crippen LogP contribution < -0.4 is 10.6 Å². The van der Waals surface area contributed by atoms with Crippen LogP contribution in [0.1, 0.15) is 6.92 Å². The summed E-state index contributed by atoms with van der Waals surface area (Å²) >= 11 is 14.4. The Bertz CT molecular complexity index is 1410. The number of nitrogens with zero attached hydrogens (tertiary/aromatic N) is 4. The van der Waals surface area contributed by atoms with E-state index in [0.29, 0.717) is 59.4 Å². The predicted octanol–water partition coefficient (Wildman–Crippen LogP) is 4.84. The number of benzene rings is 2. The lowest BCUT2D eigenvalue weighted by Gasteiger charge is -2.40. The number of aryl methyl sites for hydroxylation is 1. The van der Waals surface area contributed by atoms with Crippen LogP contribution in [0.4, 0.5) is 10.2 Å². The van der Waals surface area contributed by atoms with Crippen LogP contribution in [-0.4, -0.2) is 51.8 Å². The van der Waals surface area contributed by atoms with Crippen LogP contribution in [0, 0.1) is 5.82 Å². The van der Waals surface area contributed by atoms with Crippen LogP contribution in [0.15, 0.2) is 46.6 Å². The summed E-state index contributed by atoms with van der Waals surface area (Å²) in [4.78, 5) is 34.1. The molecule has 176 valence electrons. The molecular weight excluding hydrogens is 498 g/mol. The van der Waals surface area contributed by atoms with Gasteiger partial charge in [-0.15, -0.1) is 11.8 Å². The van der Waals surface area contributed by atoms with E-state index < -0.39 is 5.82 Å². The molecule has 1 atom stereocenters. The van der Waals surface area contributed by atoms with Crippen LogP contribution in [0.2, 0.25) is 10.0 Å². The zero-order valence-corrected chi connectivity index (χ0v) is 20.7. The third kappa shape index (κ3) is 3.68. The van der Waals surface area contributed by atoms with Crippen LogP contribution in [0.3, 0.4) is 0 Å². The zero-order valence-electron chi connectivity index (χ0n) is 18.4. The van der Waals surface area contributed by atoms with Crippen molar-refractivity contribution in [2.45, 2.75) is 24.4 Å². The summed E-state index contributed by atoms with van der Waals surface area (Å²) in [6.07, 6.45) is 1.31. The summed E-state index contributed by atoms with van der Waals surface area (Å²) < 4.78 is 16.6. The first kappa shape index (κ1) is 23.2. The molecular formula is C24H21Cl2FN4O2S. The minimum Gasteiger partial charge on any atom is -0.350 e. The molecule has 0 saturated carbocycles. The van der Waals surface area contributed by atoms with Crippen molar-refractivity contribution in [3.8, 4) is 11.1 Å². The quantitative estimate of drug-likeness (QED) is 0.464. The van der Waals surface area contributed by atoms with E-state index >= 15 is 4.39 Å². The van der Waals surface area contributed by atoms with E-state index in [4.69, 9.17) is 23.2 Å². The maximum Gasteiger partial charge on any atom is 0.350 e. The normalized spacial score (nSPS) is 17.8. The molecule has 0 aliphatic carbocycles. The van der Waals surface area contributed by atoms with E-state index in [1.54, 1.807) is 27.7 Å². The van der Waals surface area contributed by atoms with Crippen molar-refractivity contribution >= 4 is 57.6 Å². The second kappa shape index (κ2) is 8.91. The molecule has 1 aromatic heterocycles. The van der Waals surface area contributed by atoms with Gasteiger partial charge in [0.2, 0.25) is 5.91 Å². The predicted molar refractivity (Wildman–Crippen MR) is 136 cm³/mol. The number of thioether (sulfide) groups is 1. The van der Waals surface area contributed by atoms with Gasteiger partial charge in [0.25, 0.3) is 0 Å². The number of halogens is 3. The number of aromatic nitrogens is 2. The fraction of sp³-hybridized carbons (Fsp3) is 0.292. The molecule has 1 fully saturated rings. The molecule has 1 amide bonds. The number of rotatable bonds is 3. The Morgan fingerprint density at radius 2 is 2.06 bits per heavy atom. The fourth-order valence-corrected chi connectivity index (χ4v) is 6.45. The molecule has 0 N–H and O–H groups in total. The van der Waals surface area contributed by atoms with Crippen LogP contribution in [0.25, 0.3) is 22.0 Å². The van der Waals surface area contributed by atoms with Gasteiger partial charge in [-0.05, 0) is 25.1 Å². The van der Waals surface area contributed by atoms with Gasteiger partial charge in [0, 0.05) is 59.4 Å². The van der Waals surface area contributed by atoms with Gasteiger partial charge in [0.15, 0.2) is 0 Å². The highest BCUT2D eigenvalue weighted by molar-refractivity contribution is 7.99. The van der Waals surface area contributed by atoms with Crippen molar-refractivity contribution in [1.29, 1.82) is 0 Å². The third-order valence-corrected chi connectivity index (χ3v) is 7.98. The maximum absolute atomic E-state index is 15.0. The lowest BCUT2D eigenvalue weighted by atomic mass is 10.0. The van der Waals surface area contributed by atoms with Gasteiger partial charge in [-0.25, -0.2) is 9.18 Å². The lowest BCUT2D eigenvalue weighted by molar-refractivity contribution is -0.126. The standard InChI is InChI=1S/C24H21Cl2FN4O2S/c1-3-18(32)29-7-8-30(13(2)12-29)23-15-11-17(26)19(14-5-4-6-16(25)20(14)27)22-21(15)31(9-10-34-22)24(33)28-23/h3-6,11,13H,1,7-10,12H2,2H3/t13-/m0/s1. The number of hydrogen-bond donors (Lipinski definition) is 0. The smallest absolute Gasteiger partial charge is 0.350 e. The summed E-state index contributed by atoms with van der Waals surface area (Å²) in [6, 6.07) is 6.49. The molecule has 1 saturated heterocycles. The number of carbonyl (C=O) groups excluding carboxylic acids is 1. The zero-order chi connectivity index (χ0) is 24.1. The highest BCUT2D eigenvalue weighted by Gasteiger charge is 2.31. The number of carbonyl (C=O) groups is 1. The van der Waals surface area contributed by atoms with Crippen LogP contribution in [0.5, 0.6) is 0 Å². The average Bonchev–Trinajstić information content (AvgIpc) is 2.83. The van der Waals surface area contributed by atoms with Crippen LogP contribution >= 0.6 is 35.0 Å². The molecule has 0 spiro atoms. The third-order valence-electron chi connectivity index (χ3n) is 6.32. The Morgan fingerprint density at radius 3 is 2.79 bits per heavy atom. The summed E-state index contributed by atoms with van der Waals surface area (Å²) in [7, 11) is 0. The van der Waals surface area contributed by atoms with Gasteiger partial charge < -0.3 is 9.80 Å². The first-order valence-electron chi connectivity index (χ1n) is 10.8. The molecule has 5 rings (SSSR count). The van der Waals surface area contributed by atoms with E-state index in [9.17, 15) is 9.59 Å². The molecule has 0 unspecified atom stereocenters. The minimum absolute atomic E-state index is 0.00949. The second-order valence-corrected chi connectivity index (χ2v) is 10.2. The summed E-state index contributed by atoms with van der Waals surface area (Å²) in [5.41, 5.74) is 1.16. The number of piperazine rings is 1. The molecule has 2 aliphatic heterocycles. The Labute approximate surface area is 210 Å². The maximum atomic E-state index is 15.0. The highest BCUT2D eigenvalue weighted by Crippen LogP contribution is 2.46. The van der Waals surface area contributed by atoms with Gasteiger partial charge >= 0.3 is 5.69 Å². The molecule has 10 heteroatoms. The molecule has 2 aliphatic rings. The molecule has 34 heavy (non-hydrogen) atoms. The van der Waals surface area contributed by atoms with Crippen molar-refractivity contribution in [3.63, 3.8) is 0 Å². The van der Waals surface area contributed by atoms with E-state index in [1.807, 2.05) is 11.8 Å². The van der Waals surface area contributed by atoms with Crippen LogP contribution in [-0.2, 0) is 11.3 Å². The SMILES string of the molecule is C=CC(=O)N1CCN(c2nc(=O)n3c4c(c(-c5cccc(Cl)c5F)c(Cl)cc24)SCC3)[C@@H](C)C1. The Balaban J connectivity index is 1.72. The number of amides is 1. The molecule has 2 aromatic carbocycles. The molecule has 3 aromatic rings. The van der Waals surface area contributed by atoms with E-state index in [1.165, 1.54) is 23.9 Å². The first-order valence-corrected chi connectivity index (χ1v) is 12.6. The van der Waals surface area contributed by atoms with Crippen molar-refractivity contribution in [1.82, 2.24) is 14.5 Å². The molecule has 6 nitrogen and oxygen atoms in total. The average molecular weight is 519 g/mol. The molecule has 0 radical (unpaired) electrons. The second-order valence-electron chi connectivity index (χ2n) is 8.31. The van der Waals surface area contributed by atoms with Crippen molar-refractivity contribution in [3.05, 3.63) is 63.3 Å². The van der Waals surface area contributed by atoms with Crippen molar-refractivity contribution < 1.29 is 9.18 Å².